The zero-order valence-corrected chi connectivity index (χ0v) is 10.7. The highest BCUT2D eigenvalue weighted by Crippen LogP contribution is 2.29. The average molecular weight is 254 g/mol. The lowest BCUT2D eigenvalue weighted by atomic mass is 9.89. The molecular weight excluding hydrogens is 239 g/mol. The topological polar surface area (TPSA) is 17.1 Å². The maximum atomic E-state index is 13.9. The van der Waals surface area contributed by atoms with E-state index in [-0.39, 0.29) is 5.82 Å². The highest BCUT2D eigenvalue weighted by Gasteiger charge is 2.12. The summed E-state index contributed by atoms with van der Waals surface area (Å²) in [5, 5.41) is 0. The summed E-state index contributed by atoms with van der Waals surface area (Å²) >= 11 is 0. The van der Waals surface area contributed by atoms with Crippen LogP contribution in [-0.2, 0) is 12.8 Å². The second-order valence-corrected chi connectivity index (χ2v) is 5.05. The predicted octanol–water partition coefficient (Wildman–Crippen LogP) is 4.18. The van der Waals surface area contributed by atoms with E-state index in [1.54, 1.807) is 6.07 Å². The van der Waals surface area contributed by atoms with Gasteiger partial charge in [0, 0.05) is 11.1 Å². The molecule has 0 unspecified atom stereocenters. The molecule has 0 heterocycles. The second kappa shape index (κ2) is 4.96. The third-order valence-corrected chi connectivity index (χ3v) is 3.79. The van der Waals surface area contributed by atoms with E-state index in [2.05, 4.69) is 12.1 Å². The van der Waals surface area contributed by atoms with Crippen molar-refractivity contribution in [1.29, 1.82) is 0 Å². The van der Waals surface area contributed by atoms with Crippen LogP contribution in [0.15, 0.2) is 36.4 Å². The molecule has 1 aliphatic rings. The smallest absolute Gasteiger partial charge is 0.150 e. The normalized spacial score (nSPS) is 13.9. The molecule has 2 aromatic carbocycles. The van der Waals surface area contributed by atoms with Crippen molar-refractivity contribution >= 4 is 6.29 Å². The molecule has 0 fully saturated rings. The van der Waals surface area contributed by atoms with Crippen LogP contribution < -0.4 is 0 Å². The first-order chi connectivity index (χ1) is 9.28. The van der Waals surface area contributed by atoms with Gasteiger partial charge in [-0.25, -0.2) is 4.39 Å². The van der Waals surface area contributed by atoms with Crippen LogP contribution in [0.4, 0.5) is 4.39 Å². The van der Waals surface area contributed by atoms with Gasteiger partial charge in [0.1, 0.15) is 12.1 Å². The van der Waals surface area contributed by atoms with Gasteiger partial charge in [0.25, 0.3) is 0 Å². The van der Waals surface area contributed by atoms with E-state index in [1.807, 2.05) is 6.07 Å². The van der Waals surface area contributed by atoms with Crippen LogP contribution in [0.3, 0.4) is 0 Å². The van der Waals surface area contributed by atoms with Gasteiger partial charge in [-0.05, 0) is 60.6 Å². The van der Waals surface area contributed by atoms with Gasteiger partial charge in [-0.15, -0.1) is 0 Å². The van der Waals surface area contributed by atoms with E-state index in [1.165, 1.54) is 36.1 Å². The van der Waals surface area contributed by atoms with Gasteiger partial charge in [-0.1, -0.05) is 18.2 Å². The van der Waals surface area contributed by atoms with Crippen LogP contribution in [0, 0.1) is 5.82 Å². The minimum absolute atomic E-state index is 0.277. The number of rotatable bonds is 2. The molecule has 1 nitrogen and oxygen atoms in total. The van der Waals surface area contributed by atoms with Gasteiger partial charge in [-0.3, -0.25) is 4.79 Å². The SMILES string of the molecule is O=Cc1ccc(F)c(-c2ccc3c(c2)CCCC3)c1. The van der Waals surface area contributed by atoms with E-state index in [0.717, 1.165) is 24.7 Å². The minimum atomic E-state index is -0.277. The Bertz CT molecular complexity index is 631. The minimum Gasteiger partial charge on any atom is -0.298 e. The fraction of sp³-hybridized carbons (Fsp3) is 0.235. The second-order valence-electron chi connectivity index (χ2n) is 5.05. The summed E-state index contributed by atoms with van der Waals surface area (Å²) in [5.74, 6) is -0.277. The van der Waals surface area contributed by atoms with Crippen molar-refractivity contribution in [2.75, 3.05) is 0 Å². The Hall–Kier alpha value is -1.96. The predicted molar refractivity (Wildman–Crippen MR) is 73.9 cm³/mol. The maximum absolute atomic E-state index is 13.9. The third-order valence-electron chi connectivity index (χ3n) is 3.79. The van der Waals surface area contributed by atoms with Crippen LogP contribution in [-0.4, -0.2) is 6.29 Å². The lowest BCUT2D eigenvalue weighted by Gasteiger charge is -2.17. The maximum Gasteiger partial charge on any atom is 0.150 e. The Morgan fingerprint density at radius 3 is 2.53 bits per heavy atom. The summed E-state index contributed by atoms with van der Waals surface area (Å²) in [6.07, 6.45) is 5.38. The van der Waals surface area contributed by atoms with Crippen LogP contribution in [0.1, 0.15) is 34.3 Å². The van der Waals surface area contributed by atoms with Gasteiger partial charge in [-0.2, -0.15) is 0 Å². The van der Waals surface area contributed by atoms with Gasteiger partial charge in [0.05, 0.1) is 0 Å². The summed E-state index contributed by atoms with van der Waals surface area (Å²) < 4.78 is 13.9. The molecular formula is C17H15FO. The van der Waals surface area contributed by atoms with Gasteiger partial charge in [0.2, 0.25) is 0 Å². The highest BCUT2D eigenvalue weighted by molar-refractivity contribution is 5.79. The molecule has 0 spiro atoms. The summed E-state index contributed by atoms with van der Waals surface area (Å²) in [5.41, 5.74) is 4.58. The van der Waals surface area contributed by atoms with Crippen LogP contribution in [0.25, 0.3) is 11.1 Å². The number of fused-ring (bicyclic) bond motifs is 1. The molecule has 0 aromatic heterocycles. The van der Waals surface area contributed by atoms with Crippen molar-refractivity contribution in [3.8, 4) is 11.1 Å². The Kier molecular flexibility index (Phi) is 3.16. The van der Waals surface area contributed by atoms with Gasteiger partial charge >= 0.3 is 0 Å². The number of hydrogen-bond acceptors (Lipinski definition) is 1. The van der Waals surface area contributed by atoms with Crippen molar-refractivity contribution in [3.05, 3.63) is 58.9 Å². The molecule has 0 saturated heterocycles. The first-order valence-electron chi connectivity index (χ1n) is 6.65. The van der Waals surface area contributed by atoms with Crippen LogP contribution >= 0.6 is 0 Å². The molecule has 0 radical (unpaired) electrons. The number of aryl methyl sites for hydroxylation is 2. The number of benzene rings is 2. The molecule has 0 bridgehead atoms. The zero-order valence-electron chi connectivity index (χ0n) is 10.7. The molecule has 1 aliphatic carbocycles. The fourth-order valence-corrected chi connectivity index (χ4v) is 2.74. The largest absolute Gasteiger partial charge is 0.298 e. The molecule has 0 amide bonds. The van der Waals surface area contributed by atoms with Crippen LogP contribution in [0.5, 0.6) is 0 Å². The van der Waals surface area contributed by atoms with Crippen LogP contribution in [0.2, 0.25) is 0 Å². The molecule has 3 rings (SSSR count). The number of carbonyl (C=O) groups is 1. The Morgan fingerprint density at radius 1 is 0.947 bits per heavy atom. The van der Waals surface area contributed by atoms with E-state index in [9.17, 15) is 9.18 Å². The van der Waals surface area contributed by atoms with E-state index < -0.39 is 0 Å². The summed E-state index contributed by atoms with van der Waals surface area (Å²) in [6, 6.07) is 10.6. The van der Waals surface area contributed by atoms with Crippen molar-refractivity contribution in [3.63, 3.8) is 0 Å². The monoisotopic (exact) mass is 254 g/mol. The molecule has 19 heavy (non-hydrogen) atoms. The van der Waals surface area contributed by atoms with E-state index >= 15 is 0 Å². The average Bonchev–Trinajstić information content (AvgIpc) is 2.47. The number of halogens is 1. The molecule has 0 atom stereocenters. The molecule has 0 saturated carbocycles. The first-order valence-corrected chi connectivity index (χ1v) is 6.65. The highest BCUT2D eigenvalue weighted by atomic mass is 19.1. The lowest BCUT2D eigenvalue weighted by molar-refractivity contribution is 0.112. The molecule has 96 valence electrons. The van der Waals surface area contributed by atoms with Gasteiger partial charge < -0.3 is 0 Å². The zero-order chi connectivity index (χ0) is 13.2. The number of carbonyl (C=O) groups excluding carboxylic acids is 1. The molecule has 2 aromatic rings. The molecule has 2 heteroatoms. The van der Waals surface area contributed by atoms with Gasteiger partial charge in [0.15, 0.2) is 0 Å². The Labute approximate surface area is 112 Å². The fourth-order valence-electron chi connectivity index (χ4n) is 2.74. The molecule has 0 aliphatic heterocycles. The molecule has 0 N–H and O–H groups in total. The van der Waals surface area contributed by atoms with Crippen molar-refractivity contribution < 1.29 is 9.18 Å². The standard InChI is InChI=1S/C17H15FO/c18-17-8-5-12(11-19)9-16(17)15-7-6-13-3-1-2-4-14(13)10-15/h5-11H,1-4H2. The Balaban J connectivity index is 2.09. The summed E-state index contributed by atoms with van der Waals surface area (Å²) in [6.45, 7) is 0. The van der Waals surface area contributed by atoms with Crippen molar-refractivity contribution in [1.82, 2.24) is 0 Å². The van der Waals surface area contributed by atoms with E-state index in [4.69, 9.17) is 0 Å². The third kappa shape index (κ3) is 2.30. The van der Waals surface area contributed by atoms with Crippen molar-refractivity contribution in [2.45, 2.75) is 25.7 Å². The van der Waals surface area contributed by atoms with E-state index in [0.29, 0.717) is 11.1 Å². The summed E-state index contributed by atoms with van der Waals surface area (Å²) in [7, 11) is 0. The quantitative estimate of drug-likeness (QED) is 0.735. The summed E-state index contributed by atoms with van der Waals surface area (Å²) in [4.78, 5) is 10.8. The first kappa shape index (κ1) is 12.1. The number of aldehydes is 1. The lowest BCUT2D eigenvalue weighted by Crippen LogP contribution is -2.02. The Morgan fingerprint density at radius 2 is 1.74 bits per heavy atom. The van der Waals surface area contributed by atoms with Crippen molar-refractivity contribution in [2.24, 2.45) is 0 Å². The number of hydrogen-bond donors (Lipinski definition) is 0.